The molecule has 0 spiro atoms. The predicted octanol–water partition coefficient (Wildman–Crippen LogP) is 2.99. The van der Waals surface area contributed by atoms with Crippen LogP contribution in [-0.4, -0.2) is 23.8 Å². The van der Waals surface area contributed by atoms with Gasteiger partial charge < -0.3 is 10.6 Å². The number of nitrogens with zero attached hydrogens (tertiary/aromatic N) is 1. The van der Waals surface area contributed by atoms with Crippen LogP contribution in [0.4, 0.5) is 4.39 Å². The Hall–Kier alpha value is -2.95. The van der Waals surface area contributed by atoms with Gasteiger partial charge in [0, 0.05) is 24.7 Å². The van der Waals surface area contributed by atoms with E-state index < -0.39 is 5.91 Å². The number of primary amides is 1. The molecule has 0 aliphatic rings. The van der Waals surface area contributed by atoms with Gasteiger partial charge in [0.25, 0.3) is 0 Å². The van der Waals surface area contributed by atoms with Crippen molar-refractivity contribution in [2.24, 2.45) is 5.73 Å². The highest BCUT2D eigenvalue weighted by atomic mass is 19.1. The van der Waals surface area contributed by atoms with Crippen LogP contribution in [0.5, 0.6) is 0 Å². The standard InChI is InChI=1S/C19H19FN2O2/c1-13(10-14-6-8-17(20)9-7-14)19(24)22(2)12-15-4-3-5-16(11-15)18(21)23/h3-11H,12H2,1-2H3,(H2,21,23)/b13-10+. The third-order valence-electron chi connectivity index (χ3n) is 3.57. The molecular formula is C19H19FN2O2. The minimum absolute atomic E-state index is 0.149. The van der Waals surface area contributed by atoms with E-state index in [0.29, 0.717) is 17.7 Å². The fraction of sp³-hybridized carbons (Fsp3) is 0.158. The minimum atomic E-state index is -0.502. The Morgan fingerprint density at radius 3 is 2.46 bits per heavy atom. The van der Waals surface area contributed by atoms with E-state index in [-0.39, 0.29) is 11.7 Å². The quantitative estimate of drug-likeness (QED) is 0.859. The molecule has 0 radical (unpaired) electrons. The van der Waals surface area contributed by atoms with E-state index in [1.54, 1.807) is 55.3 Å². The average Bonchev–Trinajstić information content (AvgIpc) is 2.56. The van der Waals surface area contributed by atoms with E-state index in [1.807, 2.05) is 6.07 Å². The lowest BCUT2D eigenvalue weighted by Gasteiger charge is -2.18. The van der Waals surface area contributed by atoms with E-state index in [4.69, 9.17) is 5.73 Å². The van der Waals surface area contributed by atoms with Crippen LogP contribution in [0, 0.1) is 5.82 Å². The summed E-state index contributed by atoms with van der Waals surface area (Å²) in [4.78, 5) is 25.2. The lowest BCUT2D eigenvalue weighted by molar-refractivity contribution is -0.126. The maximum absolute atomic E-state index is 12.9. The molecular weight excluding hydrogens is 307 g/mol. The van der Waals surface area contributed by atoms with Gasteiger partial charge in [-0.15, -0.1) is 0 Å². The second-order valence-electron chi connectivity index (χ2n) is 5.60. The zero-order valence-electron chi connectivity index (χ0n) is 13.6. The largest absolute Gasteiger partial charge is 0.366 e. The first-order chi connectivity index (χ1) is 11.4. The van der Waals surface area contributed by atoms with E-state index in [1.165, 1.54) is 12.1 Å². The summed E-state index contributed by atoms with van der Waals surface area (Å²) >= 11 is 0. The molecule has 0 aliphatic heterocycles. The van der Waals surface area contributed by atoms with Crippen LogP contribution in [0.25, 0.3) is 6.08 Å². The maximum Gasteiger partial charge on any atom is 0.249 e. The van der Waals surface area contributed by atoms with E-state index in [0.717, 1.165) is 11.1 Å². The molecule has 24 heavy (non-hydrogen) atoms. The Labute approximate surface area is 140 Å². The molecule has 2 rings (SSSR count). The number of hydrogen-bond acceptors (Lipinski definition) is 2. The first kappa shape index (κ1) is 17.4. The fourth-order valence-electron chi connectivity index (χ4n) is 2.34. The number of nitrogens with two attached hydrogens (primary N) is 1. The predicted molar refractivity (Wildman–Crippen MR) is 91.5 cm³/mol. The maximum atomic E-state index is 12.9. The molecule has 0 saturated carbocycles. The molecule has 0 fully saturated rings. The zero-order valence-corrected chi connectivity index (χ0v) is 13.6. The summed E-state index contributed by atoms with van der Waals surface area (Å²) in [6.45, 7) is 2.07. The van der Waals surface area contributed by atoms with Gasteiger partial charge in [-0.05, 0) is 48.4 Å². The topological polar surface area (TPSA) is 63.4 Å². The Kier molecular flexibility index (Phi) is 5.47. The van der Waals surface area contributed by atoms with Gasteiger partial charge in [-0.3, -0.25) is 9.59 Å². The van der Waals surface area contributed by atoms with Crippen molar-refractivity contribution in [3.63, 3.8) is 0 Å². The molecule has 4 nitrogen and oxygen atoms in total. The number of likely N-dealkylation sites (N-methyl/N-ethyl adjacent to an activating group) is 1. The summed E-state index contributed by atoms with van der Waals surface area (Å²) in [6.07, 6.45) is 1.71. The van der Waals surface area contributed by atoms with Gasteiger partial charge in [-0.25, -0.2) is 4.39 Å². The van der Waals surface area contributed by atoms with Gasteiger partial charge in [0.2, 0.25) is 11.8 Å². The van der Waals surface area contributed by atoms with Crippen molar-refractivity contribution in [3.8, 4) is 0 Å². The van der Waals surface area contributed by atoms with Crippen LogP contribution in [0.2, 0.25) is 0 Å². The van der Waals surface area contributed by atoms with E-state index in [2.05, 4.69) is 0 Å². The van der Waals surface area contributed by atoms with Crippen LogP contribution >= 0.6 is 0 Å². The molecule has 0 saturated heterocycles. The number of carbonyl (C=O) groups is 2. The first-order valence-electron chi connectivity index (χ1n) is 7.45. The number of rotatable bonds is 5. The Balaban J connectivity index is 2.09. The number of carbonyl (C=O) groups excluding carboxylic acids is 2. The number of hydrogen-bond donors (Lipinski definition) is 1. The monoisotopic (exact) mass is 326 g/mol. The Morgan fingerprint density at radius 1 is 1.17 bits per heavy atom. The Bertz CT molecular complexity index is 782. The van der Waals surface area contributed by atoms with Crippen LogP contribution in [-0.2, 0) is 11.3 Å². The van der Waals surface area contributed by atoms with Crippen LogP contribution in [0.1, 0.15) is 28.4 Å². The van der Waals surface area contributed by atoms with E-state index >= 15 is 0 Å². The molecule has 2 aromatic rings. The summed E-state index contributed by atoms with van der Waals surface area (Å²) in [6, 6.07) is 12.8. The summed E-state index contributed by atoms with van der Waals surface area (Å²) < 4.78 is 12.9. The zero-order chi connectivity index (χ0) is 17.7. The molecule has 2 N–H and O–H groups in total. The smallest absolute Gasteiger partial charge is 0.249 e. The average molecular weight is 326 g/mol. The molecule has 0 aromatic heterocycles. The van der Waals surface area contributed by atoms with Crippen molar-refractivity contribution >= 4 is 17.9 Å². The molecule has 124 valence electrons. The van der Waals surface area contributed by atoms with Gasteiger partial charge in [0.05, 0.1) is 0 Å². The lowest BCUT2D eigenvalue weighted by Crippen LogP contribution is -2.27. The second-order valence-corrected chi connectivity index (χ2v) is 5.60. The van der Waals surface area contributed by atoms with Crippen LogP contribution in [0.15, 0.2) is 54.1 Å². The molecule has 2 aromatic carbocycles. The van der Waals surface area contributed by atoms with Crippen molar-refractivity contribution in [3.05, 3.63) is 76.6 Å². The molecule has 2 amide bonds. The number of amides is 2. The highest BCUT2D eigenvalue weighted by molar-refractivity contribution is 5.97. The van der Waals surface area contributed by atoms with Gasteiger partial charge in [-0.1, -0.05) is 24.3 Å². The third kappa shape index (κ3) is 4.52. The summed E-state index contributed by atoms with van der Waals surface area (Å²) in [7, 11) is 1.68. The summed E-state index contributed by atoms with van der Waals surface area (Å²) in [5, 5.41) is 0. The highest BCUT2D eigenvalue weighted by Crippen LogP contribution is 2.12. The molecule has 0 aliphatic carbocycles. The highest BCUT2D eigenvalue weighted by Gasteiger charge is 2.12. The number of benzene rings is 2. The Morgan fingerprint density at radius 2 is 1.83 bits per heavy atom. The lowest BCUT2D eigenvalue weighted by atomic mass is 10.1. The van der Waals surface area contributed by atoms with Gasteiger partial charge in [-0.2, -0.15) is 0 Å². The van der Waals surface area contributed by atoms with Crippen molar-refractivity contribution in [2.75, 3.05) is 7.05 Å². The van der Waals surface area contributed by atoms with Gasteiger partial charge in [0.15, 0.2) is 0 Å². The normalized spacial score (nSPS) is 11.2. The van der Waals surface area contributed by atoms with Crippen LogP contribution in [0.3, 0.4) is 0 Å². The first-order valence-corrected chi connectivity index (χ1v) is 7.45. The van der Waals surface area contributed by atoms with E-state index in [9.17, 15) is 14.0 Å². The van der Waals surface area contributed by atoms with Crippen molar-refractivity contribution in [2.45, 2.75) is 13.5 Å². The molecule has 0 unspecified atom stereocenters. The number of halogens is 1. The van der Waals surface area contributed by atoms with Crippen molar-refractivity contribution in [1.29, 1.82) is 0 Å². The SMILES string of the molecule is C/C(=C\c1ccc(F)cc1)C(=O)N(C)Cc1cccc(C(N)=O)c1. The molecule has 0 bridgehead atoms. The van der Waals surface area contributed by atoms with Gasteiger partial charge >= 0.3 is 0 Å². The summed E-state index contributed by atoms with van der Waals surface area (Å²) in [5.41, 5.74) is 7.78. The second kappa shape index (κ2) is 7.55. The molecule has 0 atom stereocenters. The van der Waals surface area contributed by atoms with Crippen LogP contribution < -0.4 is 5.73 Å². The summed E-state index contributed by atoms with van der Waals surface area (Å²) in [5.74, 6) is -0.968. The van der Waals surface area contributed by atoms with Crippen molar-refractivity contribution < 1.29 is 14.0 Å². The van der Waals surface area contributed by atoms with Gasteiger partial charge in [0.1, 0.15) is 5.82 Å². The fourth-order valence-corrected chi connectivity index (χ4v) is 2.34. The molecule has 0 heterocycles. The molecule has 5 heteroatoms. The van der Waals surface area contributed by atoms with Crippen molar-refractivity contribution in [1.82, 2.24) is 4.90 Å². The minimum Gasteiger partial charge on any atom is -0.366 e. The third-order valence-corrected chi connectivity index (χ3v) is 3.57.